The van der Waals surface area contributed by atoms with Crippen molar-refractivity contribution in [1.82, 2.24) is 4.98 Å². The lowest BCUT2D eigenvalue weighted by molar-refractivity contribution is -0.117. The minimum Gasteiger partial charge on any atom is -0.494 e. The molecular formula is C20H18FN3O3. The number of methoxy groups -OCH3 is 1. The lowest BCUT2D eigenvalue weighted by Gasteiger charge is -2.19. The molecule has 0 saturated carbocycles. The van der Waals surface area contributed by atoms with E-state index in [-0.39, 0.29) is 17.4 Å². The van der Waals surface area contributed by atoms with Crippen LogP contribution >= 0.6 is 0 Å². The number of benzene rings is 2. The van der Waals surface area contributed by atoms with Crippen LogP contribution in [-0.4, -0.2) is 30.5 Å². The van der Waals surface area contributed by atoms with Crippen LogP contribution in [0.2, 0.25) is 0 Å². The number of ether oxygens (including phenoxy) is 1. The minimum atomic E-state index is -0.391. The molecule has 0 bridgehead atoms. The van der Waals surface area contributed by atoms with Gasteiger partial charge in [-0.3, -0.25) is 9.59 Å². The fourth-order valence-electron chi connectivity index (χ4n) is 3.32. The molecule has 1 fully saturated rings. The highest BCUT2D eigenvalue weighted by atomic mass is 19.1. The molecule has 1 aromatic heterocycles. The number of hydrogen-bond acceptors (Lipinski definition) is 3. The fraction of sp³-hybridized carbons (Fsp3) is 0.200. The molecule has 2 aromatic carbocycles. The number of amides is 2. The number of aromatic nitrogens is 1. The second-order valence-corrected chi connectivity index (χ2v) is 6.37. The standard InChI is InChI=1S/C20H18FN3O3/c1-27-18-10-12(7-8-17(18)24-9-3-6-19(24)25)22-20(26)16-11-13-14(21)4-2-5-15(13)23-16/h2,4-5,7-8,10-11,23H,3,6,9H2,1H3,(H,22,26). The number of nitrogens with zero attached hydrogens (tertiary/aromatic N) is 1. The molecule has 7 heteroatoms. The van der Waals surface area contributed by atoms with Crippen molar-refractivity contribution in [2.45, 2.75) is 12.8 Å². The summed E-state index contributed by atoms with van der Waals surface area (Å²) in [4.78, 5) is 29.1. The van der Waals surface area contributed by atoms with E-state index >= 15 is 0 Å². The van der Waals surface area contributed by atoms with Crippen molar-refractivity contribution in [3.8, 4) is 5.75 Å². The summed E-state index contributed by atoms with van der Waals surface area (Å²) in [5.74, 6) is -0.210. The van der Waals surface area contributed by atoms with Gasteiger partial charge in [-0.25, -0.2) is 4.39 Å². The van der Waals surface area contributed by atoms with Crippen LogP contribution in [0.25, 0.3) is 10.9 Å². The van der Waals surface area contributed by atoms with Gasteiger partial charge >= 0.3 is 0 Å². The number of hydrogen-bond donors (Lipinski definition) is 2. The van der Waals surface area contributed by atoms with Crippen LogP contribution in [0, 0.1) is 5.82 Å². The van der Waals surface area contributed by atoms with Crippen LogP contribution in [0.5, 0.6) is 5.75 Å². The maximum atomic E-state index is 13.8. The summed E-state index contributed by atoms with van der Waals surface area (Å²) in [6.45, 7) is 0.654. The van der Waals surface area contributed by atoms with E-state index in [9.17, 15) is 14.0 Å². The highest BCUT2D eigenvalue weighted by Gasteiger charge is 2.24. The summed E-state index contributed by atoms with van der Waals surface area (Å²) in [5, 5.41) is 3.13. The summed E-state index contributed by atoms with van der Waals surface area (Å²) in [7, 11) is 1.52. The average Bonchev–Trinajstić information content (AvgIpc) is 3.29. The molecule has 138 valence electrons. The minimum absolute atomic E-state index is 0.0604. The number of H-pyrrole nitrogens is 1. The summed E-state index contributed by atoms with van der Waals surface area (Å²) in [6, 6.07) is 11.3. The molecule has 0 radical (unpaired) electrons. The second-order valence-electron chi connectivity index (χ2n) is 6.37. The van der Waals surface area contributed by atoms with Gasteiger partial charge in [-0.2, -0.15) is 0 Å². The summed E-state index contributed by atoms with van der Waals surface area (Å²) in [5.41, 5.74) is 2.02. The first-order valence-corrected chi connectivity index (χ1v) is 8.64. The summed E-state index contributed by atoms with van der Waals surface area (Å²) in [6.07, 6.45) is 1.34. The zero-order chi connectivity index (χ0) is 19.0. The number of halogens is 1. The second kappa shape index (κ2) is 6.75. The van der Waals surface area contributed by atoms with E-state index in [1.807, 2.05) is 0 Å². The highest BCUT2D eigenvalue weighted by Crippen LogP contribution is 2.34. The van der Waals surface area contributed by atoms with Crippen molar-refractivity contribution in [1.29, 1.82) is 0 Å². The number of carbonyl (C=O) groups excluding carboxylic acids is 2. The number of rotatable bonds is 4. The lowest BCUT2D eigenvalue weighted by Crippen LogP contribution is -2.24. The van der Waals surface area contributed by atoms with Crippen molar-refractivity contribution in [2.75, 3.05) is 23.9 Å². The van der Waals surface area contributed by atoms with E-state index in [0.717, 1.165) is 6.42 Å². The van der Waals surface area contributed by atoms with E-state index in [1.165, 1.54) is 19.2 Å². The van der Waals surface area contributed by atoms with Crippen molar-refractivity contribution in [2.24, 2.45) is 0 Å². The van der Waals surface area contributed by atoms with Crippen LogP contribution in [0.15, 0.2) is 42.5 Å². The average molecular weight is 367 g/mol. The van der Waals surface area contributed by atoms with Crippen LogP contribution in [-0.2, 0) is 4.79 Å². The summed E-state index contributed by atoms with van der Waals surface area (Å²) < 4.78 is 19.2. The Bertz CT molecular complexity index is 1040. The molecule has 2 heterocycles. The number of anilines is 2. The molecule has 2 N–H and O–H groups in total. The first-order chi connectivity index (χ1) is 13.1. The predicted octanol–water partition coefficient (Wildman–Crippen LogP) is 3.69. The number of carbonyl (C=O) groups is 2. The van der Waals surface area contributed by atoms with Crippen molar-refractivity contribution < 1.29 is 18.7 Å². The predicted molar refractivity (Wildman–Crippen MR) is 101 cm³/mol. The molecule has 27 heavy (non-hydrogen) atoms. The zero-order valence-corrected chi connectivity index (χ0v) is 14.7. The Balaban J connectivity index is 1.59. The van der Waals surface area contributed by atoms with Crippen molar-refractivity contribution >= 4 is 34.1 Å². The van der Waals surface area contributed by atoms with Gasteiger partial charge in [0.1, 0.15) is 17.3 Å². The highest BCUT2D eigenvalue weighted by molar-refractivity contribution is 6.06. The Labute approximate surface area is 154 Å². The molecule has 3 aromatic rings. The van der Waals surface area contributed by atoms with E-state index in [4.69, 9.17) is 4.74 Å². The van der Waals surface area contributed by atoms with Crippen molar-refractivity contribution in [3.05, 3.63) is 54.0 Å². The molecule has 2 amide bonds. The quantitative estimate of drug-likeness (QED) is 0.738. The SMILES string of the molecule is COc1cc(NC(=O)c2cc3c(F)cccc3[nH]2)ccc1N1CCCC1=O. The van der Waals surface area contributed by atoms with E-state index in [0.29, 0.717) is 41.0 Å². The van der Waals surface area contributed by atoms with Gasteiger partial charge in [-0.1, -0.05) is 6.07 Å². The third-order valence-electron chi connectivity index (χ3n) is 4.66. The van der Waals surface area contributed by atoms with E-state index in [2.05, 4.69) is 10.3 Å². The van der Waals surface area contributed by atoms with E-state index in [1.54, 1.807) is 35.2 Å². The van der Waals surface area contributed by atoms with Crippen LogP contribution in [0.4, 0.5) is 15.8 Å². The molecule has 0 aliphatic carbocycles. The third-order valence-corrected chi connectivity index (χ3v) is 4.66. The van der Waals surface area contributed by atoms with E-state index < -0.39 is 5.91 Å². The normalized spacial score (nSPS) is 14.0. The van der Waals surface area contributed by atoms with Gasteiger partial charge < -0.3 is 19.9 Å². The number of fused-ring (bicyclic) bond motifs is 1. The van der Waals surface area contributed by atoms with Gasteiger partial charge in [0.25, 0.3) is 5.91 Å². The molecular weight excluding hydrogens is 349 g/mol. The maximum Gasteiger partial charge on any atom is 0.272 e. The first kappa shape index (κ1) is 17.1. The molecule has 0 spiro atoms. The fourth-order valence-corrected chi connectivity index (χ4v) is 3.32. The third kappa shape index (κ3) is 3.12. The van der Waals surface area contributed by atoms with Gasteiger partial charge in [-0.15, -0.1) is 0 Å². The Morgan fingerprint density at radius 2 is 2.11 bits per heavy atom. The van der Waals surface area contributed by atoms with Crippen molar-refractivity contribution in [3.63, 3.8) is 0 Å². The molecule has 1 aliphatic rings. The monoisotopic (exact) mass is 367 g/mol. The molecule has 6 nitrogen and oxygen atoms in total. The van der Waals surface area contributed by atoms with Gasteiger partial charge in [0.05, 0.1) is 12.8 Å². The Morgan fingerprint density at radius 3 is 2.81 bits per heavy atom. The largest absolute Gasteiger partial charge is 0.494 e. The molecule has 0 atom stereocenters. The first-order valence-electron chi connectivity index (χ1n) is 8.64. The number of aromatic amines is 1. The van der Waals surface area contributed by atoms with Gasteiger partial charge in [0.15, 0.2) is 0 Å². The van der Waals surface area contributed by atoms with Crippen LogP contribution in [0.1, 0.15) is 23.3 Å². The number of nitrogens with one attached hydrogen (secondary N) is 2. The maximum absolute atomic E-state index is 13.8. The topological polar surface area (TPSA) is 74.4 Å². The summed E-state index contributed by atoms with van der Waals surface area (Å²) >= 11 is 0. The molecule has 1 saturated heterocycles. The van der Waals surface area contributed by atoms with Gasteiger partial charge in [-0.05, 0) is 36.8 Å². The Morgan fingerprint density at radius 1 is 1.26 bits per heavy atom. The molecule has 1 aliphatic heterocycles. The van der Waals surface area contributed by atoms with Gasteiger partial charge in [0, 0.05) is 35.6 Å². The van der Waals surface area contributed by atoms with Crippen LogP contribution < -0.4 is 15.0 Å². The van der Waals surface area contributed by atoms with Gasteiger partial charge in [0.2, 0.25) is 5.91 Å². The van der Waals surface area contributed by atoms with Crippen LogP contribution in [0.3, 0.4) is 0 Å². The molecule has 0 unspecified atom stereocenters. The Kier molecular flexibility index (Phi) is 4.27. The zero-order valence-electron chi connectivity index (χ0n) is 14.7. The molecule has 4 rings (SSSR count). The lowest BCUT2D eigenvalue weighted by atomic mass is 10.2. The Hall–Kier alpha value is -3.35. The smallest absolute Gasteiger partial charge is 0.272 e.